The molecule has 8 heteroatoms. The molecular formula is C13H14N2O4S2. The third-order valence-electron chi connectivity index (χ3n) is 2.73. The molecule has 0 radical (unpaired) electrons. The van der Waals surface area contributed by atoms with Gasteiger partial charge in [0.1, 0.15) is 9.96 Å². The Morgan fingerprint density at radius 1 is 1.29 bits per heavy atom. The molecule has 1 aromatic heterocycles. The lowest BCUT2D eigenvalue weighted by molar-refractivity contribution is 0.103. The van der Waals surface area contributed by atoms with Crippen LogP contribution in [0.1, 0.15) is 15.2 Å². The van der Waals surface area contributed by atoms with E-state index >= 15 is 0 Å². The van der Waals surface area contributed by atoms with Gasteiger partial charge < -0.3 is 10.1 Å². The summed E-state index contributed by atoms with van der Waals surface area (Å²) in [5.41, 5.74) is 1.15. The summed E-state index contributed by atoms with van der Waals surface area (Å²) < 4.78 is 27.6. The number of sulfonamides is 1. The highest BCUT2D eigenvalue weighted by Gasteiger charge is 2.19. The first-order valence-electron chi connectivity index (χ1n) is 5.90. The molecule has 0 saturated carbocycles. The van der Waals surface area contributed by atoms with Crippen molar-refractivity contribution >= 4 is 33.0 Å². The third-order valence-corrected chi connectivity index (χ3v) is 5.39. The molecule has 3 N–H and O–H groups in total. The lowest BCUT2D eigenvalue weighted by Gasteiger charge is -2.05. The number of ether oxygens (including phenoxy) is 1. The Hall–Kier alpha value is -1.90. The van der Waals surface area contributed by atoms with E-state index < -0.39 is 10.0 Å². The molecule has 0 fully saturated rings. The first kappa shape index (κ1) is 15.5. The molecule has 0 atom stereocenters. The maximum absolute atomic E-state index is 12.2. The van der Waals surface area contributed by atoms with Gasteiger partial charge >= 0.3 is 0 Å². The predicted molar refractivity (Wildman–Crippen MR) is 81.4 cm³/mol. The number of benzene rings is 1. The molecule has 2 rings (SSSR count). The minimum atomic E-state index is -3.80. The average Bonchev–Trinajstić information content (AvgIpc) is 2.82. The monoisotopic (exact) mass is 326 g/mol. The normalized spacial score (nSPS) is 11.2. The van der Waals surface area contributed by atoms with Crippen molar-refractivity contribution in [3.05, 3.63) is 40.8 Å². The van der Waals surface area contributed by atoms with Gasteiger partial charge in [0, 0.05) is 5.69 Å². The first-order valence-corrected chi connectivity index (χ1v) is 8.26. The molecule has 1 heterocycles. The predicted octanol–water partition coefficient (Wildman–Crippen LogP) is 1.96. The van der Waals surface area contributed by atoms with E-state index in [9.17, 15) is 13.2 Å². The Balaban J connectivity index is 2.22. The molecule has 2 aromatic rings. The molecule has 0 bridgehead atoms. The van der Waals surface area contributed by atoms with Crippen LogP contribution in [-0.4, -0.2) is 21.4 Å². The van der Waals surface area contributed by atoms with E-state index in [1.54, 1.807) is 38.3 Å². The van der Waals surface area contributed by atoms with Crippen LogP contribution in [-0.2, 0) is 10.0 Å². The van der Waals surface area contributed by atoms with Gasteiger partial charge in [-0.2, -0.15) is 0 Å². The number of amides is 1. The van der Waals surface area contributed by atoms with Crippen molar-refractivity contribution in [3.8, 4) is 5.75 Å². The highest BCUT2D eigenvalue weighted by molar-refractivity contribution is 7.91. The number of carbonyl (C=O) groups excluding carboxylic acids is 1. The number of carbonyl (C=O) groups is 1. The molecule has 0 aliphatic carbocycles. The van der Waals surface area contributed by atoms with Crippen LogP contribution in [0, 0.1) is 6.92 Å². The summed E-state index contributed by atoms with van der Waals surface area (Å²) in [5, 5.41) is 7.76. The third kappa shape index (κ3) is 3.60. The fraction of sp³-hybridized carbons (Fsp3) is 0.154. The number of thiophene rings is 1. The number of hydrogen-bond acceptors (Lipinski definition) is 5. The van der Waals surface area contributed by atoms with Crippen LogP contribution in [0.2, 0.25) is 0 Å². The van der Waals surface area contributed by atoms with Crippen LogP contribution in [0.3, 0.4) is 0 Å². The van der Waals surface area contributed by atoms with E-state index in [4.69, 9.17) is 9.88 Å². The largest absolute Gasteiger partial charge is 0.497 e. The minimum Gasteiger partial charge on any atom is -0.497 e. The fourth-order valence-electron chi connectivity index (χ4n) is 1.68. The van der Waals surface area contributed by atoms with Gasteiger partial charge in [0.2, 0.25) is 10.0 Å². The zero-order valence-electron chi connectivity index (χ0n) is 11.4. The summed E-state index contributed by atoms with van der Waals surface area (Å²) in [4.78, 5) is 12.5. The summed E-state index contributed by atoms with van der Waals surface area (Å²) >= 11 is 0.852. The van der Waals surface area contributed by atoms with E-state index in [0.717, 1.165) is 11.3 Å². The lowest BCUT2D eigenvalue weighted by Crippen LogP contribution is -2.11. The average molecular weight is 326 g/mol. The van der Waals surface area contributed by atoms with Crippen molar-refractivity contribution in [2.24, 2.45) is 5.14 Å². The van der Waals surface area contributed by atoms with Gasteiger partial charge in [0.15, 0.2) is 0 Å². The number of rotatable bonds is 4. The molecule has 1 amide bonds. The molecule has 21 heavy (non-hydrogen) atoms. The molecule has 0 saturated heterocycles. The Kier molecular flexibility index (Phi) is 4.31. The Bertz CT molecular complexity index is 764. The number of methoxy groups -OCH3 is 1. The molecule has 0 aliphatic heterocycles. The molecule has 0 aliphatic rings. The fourth-order valence-corrected chi connectivity index (χ4v) is 3.54. The molecule has 6 nitrogen and oxygen atoms in total. The van der Waals surface area contributed by atoms with Crippen molar-refractivity contribution in [2.45, 2.75) is 11.1 Å². The zero-order valence-corrected chi connectivity index (χ0v) is 13.0. The number of anilines is 1. The molecule has 0 unspecified atom stereocenters. The number of nitrogens with two attached hydrogens (primary N) is 1. The van der Waals surface area contributed by atoms with Gasteiger partial charge in [-0.05, 0) is 42.8 Å². The number of aryl methyl sites for hydroxylation is 1. The van der Waals surface area contributed by atoms with Crippen molar-refractivity contribution in [2.75, 3.05) is 12.4 Å². The van der Waals surface area contributed by atoms with Gasteiger partial charge in [-0.1, -0.05) is 0 Å². The Morgan fingerprint density at radius 3 is 2.38 bits per heavy atom. The van der Waals surface area contributed by atoms with Crippen molar-refractivity contribution in [3.63, 3.8) is 0 Å². The topological polar surface area (TPSA) is 98.5 Å². The molecule has 1 aromatic carbocycles. The summed E-state index contributed by atoms with van der Waals surface area (Å²) in [6.45, 7) is 1.66. The van der Waals surface area contributed by atoms with Crippen molar-refractivity contribution in [1.82, 2.24) is 0 Å². The number of hydrogen-bond donors (Lipinski definition) is 2. The molecule has 0 spiro atoms. The van der Waals surface area contributed by atoms with Crippen LogP contribution in [0.25, 0.3) is 0 Å². The van der Waals surface area contributed by atoms with E-state index in [1.165, 1.54) is 6.07 Å². The highest BCUT2D eigenvalue weighted by Crippen LogP contribution is 2.26. The van der Waals surface area contributed by atoms with Gasteiger partial charge in [-0.15, -0.1) is 11.3 Å². The second-order valence-corrected chi connectivity index (χ2v) is 7.15. The maximum Gasteiger partial charge on any atom is 0.266 e. The van der Waals surface area contributed by atoms with E-state index in [1.807, 2.05) is 0 Å². The van der Waals surface area contributed by atoms with E-state index in [-0.39, 0.29) is 10.1 Å². The van der Waals surface area contributed by atoms with Crippen LogP contribution < -0.4 is 15.2 Å². The first-order chi connectivity index (χ1) is 9.81. The molecular weight excluding hydrogens is 312 g/mol. The van der Waals surface area contributed by atoms with Crippen LogP contribution in [0.5, 0.6) is 5.75 Å². The maximum atomic E-state index is 12.2. The minimum absolute atomic E-state index is 0.0279. The van der Waals surface area contributed by atoms with E-state index in [2.05, 4.69) is 5.32 Å². The Labute approximate surface area is 126 Å². The SMILES string of the molecule is COc1ccc(NC(=O)c2sc(S(N)(=O)=O)cc2C)cc1. The standard InChI is InChI=1S/C13H14N2O4S2/c1-8-7-11(21(14,17)18)20-12(8)13(16)15-9-3-5-10(19-2)6-4-9/h3-7H,1-2H3,(H,15,16)(H2,14,17,18). The summed E-state index contributed by atoms with van der Waals surface area (Å²) in [5.74, 6) is 0.300. The zero-order chi connectivity index (χ0) is 15.6. The summed E-state index contributed by atoms with van der Waals surface area (Å²) in [7, 11) is -2.24. The Morgan fingerprint density at radius 2 is 1.90 bits per heavy atom. The van der Waals surface area contributed by atoms with E-state index in [0.29, 0.717) is 21.9 Å². The van der Waals surface area contributed by atoms with Crippen LogP contribution in [0.4, 0.5) is 5.69 Å². The summed E-state index contributed by atoms with van der Waals surface area (Å²) in [6, 6.07) is 8.21. The highest BCUT2D eigenvalue weighted by atomic mass is 32.2. The number of primary sulfonamides is 1. The van der Waals surface area contributed by atoms with Crippen molar-refractivity contribution in [1.29, 1.82) is 0 Å². The van der Waals surface area contributed by atoms with Crippen LogP contribution in [0.15, 0.2) is 34.5 Å². The second kappa shape index (κ2) is 5.84. The van der Waals surface area contributed by atoms with Gasteiger partial charge in [0.25, 0.3) is 5.91 Å². The smallest absolute Gasteiger partial charge is 0.266 e. The van der Waals surface area contributed by atoms with Crippen molar-refractivity contribution < 1.29 is 17.9 Å². The molecule has 112 valence electrons. The van der Waals surface area contributed by atoms with Crippen LogP contribution >= 0.6 is 11.3 Å². The second-order valence-electron chi connectivity index (χ2n) is 4.31. The number of nitrogens with one attached hydrogen (secondary N) is 1. The van der Waals surface area contributed by atoms with Gasteiger partial charge in [-0.3, -0.25) is 4.79 Å². The summed E-state index contributed by atoms with van der Waals surface area (Å²) in [6.07, 6.45) is 0. The quantitative estimate of drug-likeness (QED) is 0.897. The van der Waals surface area contributed by atoms with Gasteiger partial charge in [0.05, 0.1) is 12.0 Å². The van der Waals surface area contributed by atoms with Gasteiger partial charge in [-0.25, -0.2) is 13.6 Å². The lowest BCUT2D eigenvalue weighted by atomic mass is 10.2.